The van der Waals surface area contributed by atoms with E-state index in [1.165, 1.54) is 24.3 Å². The van der Waals surface area contributed by atoms with Crippen LogP contribution in [0.2, 0.25) is 0 Å². The number of amides is 4. The number of aliphatic carboxylic acids is 2. The number of nitrogens with one attached hydrogen (secondary N) is 3. The summed E-state index contributed by atoms with van der Waals surface area (Å²) in [5.74, 6) is -7.29. The molecule has 0 fully saturated rings. The number of hydrogen-bond acceptors (Lipinski definition) is 9. The summed E-state index contributed by atoms with van der Waals surface area (Å²) in [6.45, 7) is 0.185. The summed E-state index contributed by atoms with van der Waals surface area (Å²) >= 11 is 0. The van der Waals surface area contributed by atoms with Crippen LogP contribution in [0, 0.1) is 0 Å². The molecule has 17 heteroatoms. The topological polar surface area (TPSA) is 316 Å². The molecule has 40 heavy (non-hydrogen) atoms. The summed E-state index contributed by atoms with van der Waals surface area (Å²) in [4.78, 5) is 76.5. The first-order chi connectivity index (χ1) is 18.7. The molecular formula is C23H34N8O9. The van der Waals surface area contributed by atoms with Gasteiger partial charge in [0.2, 0.25) is 23.6 Å². The maximum absolute atomic E-state index is 12.9. The van der Waals surface area contributed by atoms with Gasteiger partial charge in [0.1, 0.15) is 23.9 Å². The van der Waals surface area contributed by atoms with E-state index in [4.69, 9.17) is 22.9 Å². The van der Waals surface area contributed by atoms with Gasteiger partial charge in [-0.05, 0) is 30.5 Å². The van der Waals surface area contributed by atoms with Crippen LogP contribution in [0.4, 0.5) is 0 Å². The third-order valence-electron chi connectivity index (χ3n) is 5.35. The van der Waals surface area contributed by atoms with Gasteiger partial charge in [-0.3, -0.25) is 29.0 Å². The van der Waals surface area contributed by atoms with Crippen LogP contribution in [-0.2, 0) is 35.2 Å². The Morgan fingerprint density at radius 1 is 0.800 bits per heavy atom. The van der Waals surface area contributed by atoms with Crippen LogP contribution in [-0.4, -0.2) is 87.6 Å². The number of guanidine groups is 1. The van der Waals surface area contributed by atoms with Gasteiger partial charge < -0.3 is 54.2 Å². The number of carbonyl (C=O) groups excluding carboxylic acids is 4. The monoisotopic (exact) mass is 566 g/mol. The highest BCUT2D eigenvalue weighted by Gasteiger charge is 2.32. The average molecular weight is 567 g/mol. The van der Waals surface area contributed by atoms with Crippen molar-refractivity contribution in [1.29, 1.82) is 0 Å². The normalized spacial score (nSPS) is 13.5. The lowest BCUT2D eigenvalue weighted by Gasteiger charge is -2.24. The molecule has 0 aliphatic carbocycles. The van der Waals surface area contributed by atoms with Gasteiger partial charge in [-0.1, -0.05) is 12.1 Å². The highest BCUT2D eigenvalue weighted by Crippen LogP contribution is 2.12. The second kappa shape index (κ2) is 16.1. The highest BCUT2D eigenvalue weighted by molar-refractivity contribution is 5.97. The molecule has 0 heterocycles. The molecule has 4 amide bonds. The van der Waals surface area contributed by atoms with Crippen molar-refractivity contribution in [1.82, 2.24) is 16.0 Å². The quantitative estimate of drug-likeness (QED) is 0.0493. The Morgan fingerprint density at radius 2 is 1.32 bits per heavy atom. The predicted octanol–water partition coefficient (Wildman–Crippen LogP) is -3.80. The second-order valence-electron chi connectivity index (χ2n) is 8.72. The predicted molar refractivity (Wildman–Crippen MR) is 139 cm³/mol. The van der Waals surface area contributed by atoms with E-state index in [2.05, 4.69) is 20.9 Å². The first-order valence-electron chi connectivity index (χ1n) is 11.9. The molecular weight excluding hydrogens is 532 g/mol. The Hall–Kier alpha value is -4.93. The van der Waals surface area contributed by atoms with Crippen LogP contribution in [0.25, 0.3) is 0 Å². The highest BCUT2D eigenvalue weighted by atomic mass is 16.4. The van der Waals surface area contributed by atoms with Crippen molar-refractivity contribution in [2.75, 3.05) is 6.54 Å². The van der Waals surface area contributed by atoms with Gasteiger partial charge in [-0.15, -0.1) is 0 Å². The lowest BCUT2D eigenvalue weighted by molar-refractivity contribution is -0.143. The summed E-state index contributed by atoms with van der Waals surface area (Å²) < 4.78 is 0. The molecule has 14 N–H and O–H groups in total. The third-order valence-corrected chi connectivity index (χ3v) is 5.35. The van der Waals surface area contributed by atoms with Crippen molar-refractivity contribution in [3.05, 3.63) is 29.8 Å². The zero-order chi connectivity index (χ0) is 30.4. The van der Waals surface area contributed by atoms with E-state index in [0.717, 1.165) is 0 Å². The second-order valence-corrected chi connectivity index (χ2v) is 8.72. The minimum absolute atomic E-state index is 0.0617. The number of carboxylic acids is 2. The minimum Gasteiger partial charge on any atom is -0.508 e. The number of aliphatic imine (C=N–C) groups is 1. The van der Waals surface area contributed by atoms with E-state index >= 15 is 0 Å². The van der Waals surface area contributed by atoms with Crippen molar-refractivity contribution < 1.29 is 44.1 Å². The maximum atomic E-state index is 12.9. The number of phenols is 1. The number of benzene rings is 1. The summed E-state index contributed by atoms with van der Waals surface area (Å²) in [7, 11) is 0. The van der Waals surface area contributed by atoms with E-state index in [0.29, 0.717) is 12.0 Å². The molecule has 0 spiro atoms. The fourth-order valence-corrected chi connectivity index (χ4v) is 3.34. The molecule has 1 rings (SSSR count). The number of aromatic hydroxyl groups is 1. The number of rotatable bonds is 17. The fraction of sp³-hybridized carbons (Fsp3) is 0.435. The van der Waals surface area contributed by atoms with Crippen LogP contribution in [0.3, 0.4) is 0 Å². The average Bonchev–Trinajstić information content (AvgIpc) is 2.85. The SMILES string of the molecule is NC(=O)CC(NC(=O)C(N)CCCN=C(N)N)C(=O)NC(CC(=O)O)C(=O)NC(Cc1ccc(O)cc1)C(=O)O. The maximum Gasteiger partial charge on any atom is 0.326 e. The number of nitrogens with two attached hydrogens (primary N) is 4. The summed E-state index contributed by atoms with van der Waals surface area (Å²) in [5, 5.41) is 34.6. The number of hydrogen-bond donors (Lipinski definition) is 10. The number of carbonyl (C=O) groups is 6. The van der Waals surface area contributed by atoms with E-state index < -0.39 is 72.6 Å². The summed E-state index contributed by atoms with van der Waals surface area (Å²) in [6.07, 6.45) is -1.47. The molecule has 0 saturated heterocycles. The first kappa shape index (κ1) is 33.1. The number of primary amides is 1. The Balaban J connectivity index is 2.97. The van der Waals surface area contributed by atoms with Crippen LogP contribution in [0.5, 0.6) is 5.75 Å². The Morgan fingerprint density at radius 3 is 1.82 bits per heavy atom. The molecule has 0 bridgehead atoms. The van der Waals surface area contributed by atoms with Gasteiger partial charge in [-0.2, -0.15) is 0 Å². The lowest BCUT2D eigenvalue weighted by atomic mass is 10.0. The third kappa shape index (κ3) is 12.5. The van der Waals surface area contributed by atoms with Gasteiger partial charge in [-0.25, -0.2) is 4.79 Å². The lowest BCUT2D eigenvalue weighted by Crippen LogP contribution is -2.58. The first-order valence-corrected chi connectivity index (χ1v) is 11.9. The van der Waals surface area contributed by atoms with Crippen molar-refractivity contribution >= 4 is 41.5 Å². The van der Waals surface area contributed by atoms with Gasteiger partial charge in [0, 0.05) is 13.0 Å². The fourth-order valence-electron chi connectivity index (χ4n) is 3.34. The summed E-state index contributed by atoms with van der Waals surface area (Å²) in [6, 6.07) is -0.584. The number of carboxylic acid groups (broad SMARTS) is 2. The molecule has 1 aromatic rings. The number of phenolic OH excluding ortho intramolecular Hbond substituents is 1. The Kier molecular flexibility index (Phi) is 13.3. The van der Waals surface area contributed by atoms with Crippen molar-refractivity contribution in [2.45, 2.75) is 56.3 Å². The van der Waals surface area contributed by atoms with E-state index in [-0.39, 0.29) is 31.1 Å². The van der Waals surface area contributed by atoms with E-state index in [1.807, 2.05) is 0 Å². The van der Waals surface area contributed by atoms with Crippen LogP contribution >= 0.6 is 0 Å². The molecule has 0 aromatic heterocycles. The molecule has 0 saturated carbocycles. The molecule has 17 nitrogen and oxygen atoms in total. The minimum atomic E-state index is -1.78. The van der Waals surface area contributed by atoms with Gasteiger partial charge >= 0.3 is 11.9 Å². The van der Waals surface area contributed by atoms with Gasteiger partial charge in [0.15, 0.2) is 5.96 Å². The molecule has 1 aromatic carbocycles. The molecule has 0 radical (unpaired) electrons. The Labute approximate surface area is 228 Å². The zero-order valence-corrected chi connectivity index (χ0v) is 21.4. The largest absolute Gasteiger partial charge is 0.508 e. The van der Waals surface area contributed by atoms with Gasteiger partial charge in [0.25, 0.3) is 0 Å². The van der Waals surface area contributed by atoms with Crippen LogP contribution in [0.1, 0.15) is 31.2 Å². The standard InChI is InChI=1S/C23H34N8O9/c24-13(2-1-7-28-23(26)27)19(36)29-14(9-17(25)33)20(37)30-15(10-18(34)35)21(38)31-16(22(39)40)8-11-3-5-12(32)6-4-11/h3-6,13-16,32H,1-2,7-10,24H2,(H2,25,33)(H,29,36)(H,30,37)(H,31,38)(H,34,35)(H,39,40)(H4,26,27,28). The smallest absolute Gasteiger partial charge is 0.326 e. The van der Waals surface area contributed by atoms with Crippen molar-refractivity contribution in [2.24, 2.45) is 27.9 Å². The molecule has 0 aliphatic heterocycles. The molecule has 4 atom stereocenters. The Bertz CT molecular complexity index is 1110. The molecule has 220 valence electrons. The zero-order valence-electron chi connectivity index (χ0n) is 21.4. The van der Waals surface area contributed by atoms with Crippen molar-refractivity contribution in [3.8, 4) is 5.75 Å². The molecule has 0 aliphatic rings. The van der Waals surface area contributed by atoms with Crippen molar-refractivity contribution in [3.63, 3.8) is 0 Å². The summed E-state index contributed by atoms with van der Waals surface area (Å²) in [5.41, 5.74) is 21.8. The van der Waals surface area contributed by atoms with Crippen LogP contribution < -0.4 is 38.9 Å². The van der Waals surface area contributed by atoms with Gasteiger partial charge in [0.05, 0.1) is 18.9 Å². The molecule has 4 unspecified atom stereocenters. The van der Waals surface area contributed by atoms with Crippen LogP contribution in [0.15, 0.2) is 29.3 Å². The number of nitrogens with zero attached hydrogens (tertiary/aromatic N) is 1. The van der Waals surface area contributed by atoms with E-state index in [1.54, 1.807) is 0 Å². The van der Waals surface area contributed by atoms with E-state index in [9.17, 15) is 44.1 Å².